The lowest BCUT2D eigenvalue weighted by molar-refractivity contribution is -0.166. The third-order valence-corrected chi connectivity index (χ3v) is 13.0. The Morgan fingerprint density at radius 3 is 0.843 bits per heavy atom. The van der Waals surface area contributed by atoms with Crippen molar-refractivity contribution in [3.8, 4) is 0 Å². The summed E-state index contributed by atoms with van der Waals surface area (Å²) in [4.78, 5) is 37.8. The van der Waals surface area contributed by atoms with Crippen molar-refractivity contribution in [1.29, 1.82) is 0 Å². The van der Waals surface area contributed by atoms with Crippen LogP contribution in [0.1, 0.15) is 297 Å². The Morgan fingerprint density at radius 1 is 0.300 bits per heavy atom. The number of hydrogen-bond donors (Lipinski definition) is 0. The zero-order valence-corrected chi connectivity index (χ0v) is 46.3. The Labute approximate surface area is 433 Å². The Morgan fingerprint density at radius 2 is 0.557 bits per heavy atom. The molecule has 0 aromatic rings. The van der Waals surface area contributed by atoms with Crippen LogP contribution in [0.15, 0.2) is 72.9 Å². The minimum atomic E-state index is -0.811. The van der Waals surface area contributed by atoms with Gasteiger partial charge < -0.3 is 14.2 Å². The van der Waals surface area contributed by atoms with Crippen molar-refractivity contribution in [2.24, 2.45) is 0 Å². The maximum atomic E-state index is 12.7. The van der Waals surface area contributed by atoms with Gasteiger partial charge in [-0.2, -0.15) is 0 Å². The van der Waals surface area contributed by atoms with Gasteiger partial charge in [-0.15, -0.1) is 0 Å². The third kappa shape index (κ3) is 55.8. The molecule has 0 N–H and O–H groups in total. The molecule has 0 aromatic carbocycles. The number of hydrogen-bond acceptors (Lipinski definition) is 6. The van der Waals surface area contributed by atoms with E-state index < -0.39 is 12.1 Å². The van der Waals surface area contributed by atoms with Gasteiger partial charge >= 0.3 is 17.9 Å². The van der Waals surface area contributed by atoms with E-state index in [9.17, 15) is 14.4 Å². The molecule has 0 bridgehead atoms. The molecule has 0 aliphatic rings. The summed E-state index contributed by atoms with van der Waals surface area (Å²) in [6.07, 6.45) is 75.5. The molecular weight excluding hydrogens is 865 g/mol. The summed E-state index contributed by atoms with van der Waals surface area (Å²) >= 11 is 0. The molecule has 0 fully saturated rings. The summed E-state index contributed by atoms with van der Waals surface area (Å²) in [7, 11) is 0. The zero-order chi connectivity index (χ0) is 50.7. The average molecular weight is 978 g/mol. The second kappa shape index (κ2) is 58.4. The molecule has 6 nitrogen and oxygen atoms in total. The van der Waals surface area contributed by atoms with E-state index in [1.54, 1.807) is 0 Å². The van der Waals surface area contributed by atoms with E-state index in [1.807, 2.05) is 12.2 Å². The number of carbonyl (C=O) groups excluding carboxylic acids is 3. The van der Waals surface area contributed by atoms with E-state index in [4.69, 9.17) is 14.2 Å². The number of rotatable bonds is 54. The van der Waals surface area contributed by atoms with Gasteiger partial charge in [0.15, 0.2) is 6.10 Å². The van der Waals surface area contributed by atoms with E-state index >= 15 is 0 Å². The van der Waals surface area contributed by atoms with Crippen LogP contribution in [0, 0.1) is 0 Å². The fourth-order valence-electron chi connectivity index (χ4n) is 8.53. The molecule has 0 aliphatic carbocycles. The fraction of sp³-hybridized carbons (Fsp3) is 0.766. The largest absolute Gasteiger partial charge is 0.462 e. The molecular formula is C64H112O6. The summed E-state index contributed by atoms with van der Waals surface area (Å²) in [5.41, 5.74) is 0. The predicted octanol–water partition coefficient (Wildman–Crippen LogP) is 20.2. The molecule has 0 aliphatic heterocycles. The van der Waals surface area contributed by atoms with Gasteiger partial charge in [0, 0.05) is 19.3 Å². The molecule has 0 heterocycles. The van der Waals surface area contributed by atoms with Gasteiger partial charge in [-0.1, -0.05) is 293 Å². The first-order chi connectivity index (χ1) is 34.5. The first kappa shape index (κ1) is 66.9. The maximum Gasteiger partial charge on any atom is 0.306 e. The van der Waals surface area contributed by atoms with Gasteiger partial charge in [0.25, 0.3) is 0 Å². The summed E-state index contributed by atoms with van der Waals surface area (Å²) in [5.74, 6) is -0.995. The van der Waals surface area contributed by atoms with Crippen molar-refractivity contribution in [2.75, 3.05) is 13.2 Å². The van der Waals surface area contributed by atoms with E-state index in [0.717, 1.165) is 89.9 Å². The normalized spacial score (nSPS) is 12.6. The van der Waals surface area contributed by atoms with Gasteiger partial charge in [-0.3, -0.25) is 14.4 Å². The third-order valence-electron chi connectivity index (χ3n) is 13.0. The van der Waals surface area contributed by atoms with E-state index in [1.165, 1.54) is 161 Å². The lowest BCUT2D eigenvalue weighted by Gasteiger charge is -2.18. The van der Waals surface area contributed by atoms with Crippen molar-refractivity contribution < 1.29 is 28.6 Å². The van der Waals surface area contributed by atoms with Gasteiger partial charge in [0.05, 0.1) is 0 Å². The first-order valence-electron chi connectivity index (χ1n) is 29.9. The fourth-order valence-corrected chi connectivity index (χ4v) is 8.53. The minimum absolute atomic E-state index is 0.103. The zero-order valence-electron chi connectivity index (χ0n) is 46.3. The number of esters is 3. The lowest BCUT2D eigenvalue weighted by atomic mass is 10.0. The quantitative estimate of drug-likeness (QED) is 0.0261. The van der Waals surface area contributed by atoms with Crippen LogP contribution < -0.4 is 0 Å². The van der Waals surface area contributed by atoms with Gasteiger partial charge in [-0.25, -0.2) is 0 Å². The van der Waals surface area contributed by atoms with E-state index in [2.05, 4.69) is 81.5 Å². The van der Waals surface area contributed by atoms with Crippen LogP contribution in [0.3, 0.4) is 0 Å². The van der Waals surface area contributed by atoms with Gasteiger partial charge in [0.1, 0.15) is 13.2 Å². The highest BCUT2D eigenvalue weighted by molar-refractivity contribution is 5.71. The molecule has 1 unspecified atom stereocenters. The number of allylic oxidation sites excluding steroid dienone is 12. The molecule has 0 saturated heterocycles. The monoisotopic (exact) mass is 977 g/mol. The van der Waals surface area contributed by atoms with Gasteiger partial charge in [-0.05, 0) is 57.8 Å². The second-order valence-electron chi connectivity index (χ2n) is 19.9. The van der Waals surface area contributed by atoms with Crippen molar-refractivity contribution in [3.63, 3.8) is 0 Å². The summed E-state index contributed by atoms with van der Waals surface area (Å²) in [6, 6.07) is 0. The molecule has 0 aromatic heterocycles. The predicted molar refractivity (Wildman–Crippen MR) is 302 cm³/mol. The molecule has 0 radical (unpaired) electrons. The van der Waals surface area contributed by atoms with Crippen LogP contribution in [-0.2, 0) is 28.6 Å². The number of ether oxygens (including phenoxy) is 3. The van der Waals surface area contributed by atoms with Crippen molar-refractivity contribution in [2.45, 2.75) is 303 Å². The topological polar surface area (TPSA) is 78.9 Å². The lowest BCUT2D eigenvalue weighted by Crippen LogP contribution is -2.30. The first-order valence-corrected chi connectivity index (χ1v) is 29.9. The van der Waals surface area contributed by atoms with E-state index in [0.29, 0.717) is 19.3 Å². The average Bonchev–Trinajstić information content (AvgIpc) is 3.36. The molecule has 404 valence electrons. The molecule has 1 atom stereocenters. The van der Waals surface area contributed by atoms with Gasteiger partial charge in [0.2, 0.25) is 0 Å². The van der Waals surface area contributed by atoms with Crippen LogP contribution in [0.25, 0.3) is 0 Å². The smallest absolute Gasteiger partial charge is 0.306 e. The van der Waals surface area contributed by atoms with Crippen LogP contribution in [-0.4, -0.2) is 37.2 Å². The molecule has 0 spiro atoms. The van der Waals surface area contributed by atoms with Crippen molar-refractivity contribution in [1.82, 2.24) is 0 Å². The Kier molecular flexibility index (Phi) is 55.8. The Hall–Kier alpha value is -3.15. The number of carbonyl (C=O) groups is 3. The molecule has 70 heavy (non-hydrogen) atoms. The van der Waals surface area contributed by atoms with E-state index in [-0.39, 0.29) is 31.6 Å². The summed E-state index contributed by atoms with van der Waals surface area (Å²) < 4.78 is 16.6. The van der Waals surface area contributed by atoms with Crippen LogP contribution in [0.5, 0.6) is 0 Å². The minimum Gasteiger partial charge on any atom is -0.462 e. The molecule has 6 heteroatoms. The SMILES string of the molecule is CC/C=C\C/C=C\C/C=C\C/C=C\C/C=C\C/C=C\CCC(=O)OC(COC(=O)CCCCCCC)COC(=O)CCCCCCCCCCCCCCCCCCCCCCCCCCCCCC. The standard InChI is InChI=1S/C64H112O6/c1-4-7-10-13-15-17-19-21-23-25-27-28-29-30-31-32-33-34-35-37-38-40-42-44-46-48-51-54-57-63(66)69-60-61(59-68-62(65)56-53-50-12-9-6-3)70-64(67)58-55-52-49-47-45-43-41-39-36-26-24-22-20-18-16-14-11-8-5-2/h8,11,16,18,22,24,36,39,43,45,49,52,61H,4-7,9-10,12-15,17,19-21,23,25-35,37-38,40-42,44,46-48,50-51,53-60H2,1-3H3/b11-8-,18-16-,24-22-,39-36-,45-43-,52-49-. The van der Waals surface area contributed by atoms with Crippen molar-refractivity contribution >= 4 is 17.9 Å². The van der Waals surface area contributed by atoms with Crippen molar-refractivity contribution in [3.05, 3.63) is 72.9 Å². The highest BCUT2D eigenvalue weighted by Crippen LogP contribution is 2.17. The molecule has 0 rings (SSSR count). The highest BCUT2D eigenvalue weighted by atomic mass is 16.6. The Bertz CT molecular complexity index is 1310. The molecule has 0 amide bonds. The number of unbranched alkanes of at least 4 members (excludes halogenated alkanes) is 31. The maximum absolute atomic E-state index is 12.7. The molecule has 0 saturated carbocycles. The van der Waals surface area contributed by atoms with Crippen LogP contribution in [0.2, 0.25) is 0 Å². The summed E-state index contributed by atoms with van der Waals surface area (Å²) in [6.45, 7) is 6.40. The van der Waals surface area contributed by atoms with Crippen LogP contribution in [0.4, 0.5) is 0 Å². The highest BCUT2D eigenvalue weighted by Gasteiger charge is 2.19. The summed E-state index contributed by atoms with van der Waals surface area (Å²) in [5, 5.41) is 0. The Balaban J connectivity index is 4.07. The second-order valence-corrected chi connectivity index (χ2v) is 19.9. The van der Waals surface area contributed by atoms with Crippen LogP contribution >= 0.6 is 0 Å².